The smallest absolute Gasteiger partial charge is 0.341 e. The lowest BCUT2D eigenvalue weighted by Crippen LogP contribution is -2.15. The number of nitrogens with zero attached hydrogens (tertiary/aromatic N) is 1. The summed E-state index contributed by atoms with van der Waals surface area (Å²) in [5, 5.41) is 2.93. The van der Waals surface area contributed by atoms with E-state index in [-0.39, 0.29) is 5.56 Å². The number of pyridine rings is 1. The molecule has 0 aromatic carbocycles. The average molecular weight is 257 g/mol. The van der Waals surface area contributed by atoms with Gasteiger partial charge in [-0.25, -0.2) is 9.78 Å². The van der Waals surface area contributed by atoms with Gasteiger partial charge in [-0.3, -0.25) is 4.21 Å². The maximum atomic E-state index is 11.5. The summed E-state index contributed by atoms with van der Waals surface area (Å²) in [6.07, 6.45) is 3.05. The van der Waals surface area contributed by atoms with E-state index in [1.165, 1.54) is 19.4 Å². The lowest BCUT2D eigenvalue weighted by Gasteiger charge is -2.09. The molecule has 0 saturated heterocycles. The number of carbonyl (C=O) groups is 1. The third-order valence-corrected chi connectivity index (χ3v) is 2.78. The number of anilines is 2. The molecule has 0 spiro atoms. The van der Waals surface area contributed by atoms with Crippen LogP contribution in [-0.2, 0) is 15.5 Å². The maximum absolute atomic E-state index is 11.5. The molecule has 17 heavy (non-hydrogen) atoms. The molecule has 0 fully saturated rings. The van der Waals surface area contributed by atoms with Crippen molar-refractivity contribution in [2.45, 2.75) is 0 Å². The third-order valence-electron chi connectivity index (χ3n) is 2.00. The van der Waals surface area contributed by atoms with E-state index < -0.39 is 16.8 Å². The highest BCUT2D eigenvalue weighted by Crippen LogP contribution is 2.16. The molecule has 0 saturated carbocycles. The van der Waals surface area contributed by atoms with Gasteiger partial charge in [0.2, 0.25) is 0 Å². The van der Waals surface area contributed by atoms with Gasteiger partial charge in [0.05, 0.1) is 19.0 Å². The Bertz CT molecular complexity index is 437. The highest BCUT2D eigenvalue weighted by atomic mass is 32.2. The van der Waals surface area contributed by atoms with Gasteiger partial charge in [-0.2, -0.15) is 0 Å². The van der Waals surface area contributed by atoms with Crippen LogP contribution < -0.4 is 11.1 Å². The average Bonchev–Trinajstić information content (AvgIpc) is 2.29. The molecule has 7 heteroatoms. The number of hydrogen-bond acceptors (Lipinski definition) is 6. The molecule has 0 aliphatic rings. The number of rotatable bonds is 5. The molecule has 1 heterocycles. The van der Waals surface area contributed by atoms with Gasteiger partial charge in [0.15, 0.2) is 0 Å². The molecular weight excluding hydrogens is 242 g/mol. The predicted molar refractivity (Wildman–Crippen MR) is 67.4 cm³/mol. The fourth-order valence-electron chi connectivity index (χ4n) is 1.20. The van der Waals surface area contributed by atoms with E-state index >= 15 is 0 Å². The normalized spacial score (nSPS) is 11.9. The largest absolute Gasteiger partial charge is 0.465 e. The predicted octanol–water partition coefficient (Wildman–Crippen LogP) is 0.241. The van der Waals surface area contributed by atoms with E-state index in [1.807, 2.05) is 0 Å². The lowest BCUT2D eigenvalue weighted by molar-refractivity contribution is 0.0601. The highest BCUT2D eigenvalue weighted by Gasteiger charge is 2.13. The summed E-state index contributed by atoms with van der Waals surface area (Å²) >= 11 is 0. The maximum Gasteiger partial charge on any atom is 0.341 e. The Morgan fingerprint density at radius 1 is 1.65 bits per heavy atom. The van der Waals surface area contributed by atoms with Gasteiger partial charge in [0, 0.05) is 29.4 Å². The van der Waals surface area contributed by atoms with E-state index in [0.29, 0.717) is 23.8 Å². The number of hydrogen-bond donors (Lipinski definition) is 2. The van der Waals surface area contributed by atoms with E-state index in [0.717, 1.165) is 0 Å². The van der Waals surface area contributed by atoms with Crippen molar-refractivity contribution in [1.29, 1.82) is 0 Å². The molecule has 0 radical (unpaired) electrons. The molecule has 1 unspecified atom stereocenters. The van der Waals surface area contributed by atoms with Crippen LogP contribution in [0.25, 0.3) is 0 Å². The Labute approximate surface area is 102 Å². The molecule has 0 bridgehead atoms. The first-order valence-corrected chi connectivity index (χ1v) is 6.65. The molecule has 0 aliphatic heterocycles. The molecule has 0 aliphatic carbocycles. The van der Waals surface area contributed by atoms with E-state index in [9.17, 15) is 9.00 Å². The second kappa shape index (κ2) is 6.19. The second-order valence-electron chi connectivity index (χ2n) is 3.36. The number of aromatic nitrogens is 1. The zero-order valence-electron chi connectivity index (χ0n) is 9.73. The molecule has 1 aromatic heterocycles. The number of nitrogens with one attached hydrogen (secondary N) is 1. The van der Waals surface area contributed by atoms with Crippen molar-refractivity contribution >= 4 is 28.3 Å². The van der Waals surface area contributed by atoms with Crippen molar-refractivity contribution in [2.75, 3.05) is 36.7 Å². The fraction of sp³-hybridized carbons (Fsp3) is 0.400. The number of nitrogens with two attached hydrogens (primary N) is 1. The Morgan fingerprint density at radius 2 is 2.35 bits per heavy atom. The van der Waals surface area contributed by atoms with Crippen molar-refractivity contribution in [3.8, 4) is 0 Å². The van der Waals surface area contributed by atoms with Gasteiger partial charge in [0.1, 0.15) is 11.4 Å². The zero-order chi connectivity index (χ0) is 12.8. The van der Waals surface area contributed by atoms with Crippen LogP contribution in [-0.4, -0.2) is 40.8 Å². The van der Waals surface area contributed by atoms with Gasteiger partial charge >= 0.3 is 5.97 Å². The SMILES string of the molecule is COC(=O)c1cc(N)cnc1NCCS(C)=O. The third kappa shape index (κ3) is 4.03. The molecule has 3 N–H and O–H groups in total. The molecular formula is C10H15N3O3S. The summed E-state index contributed by atoms with van der Waals surface area (Å²) in [6.45, 7) is 0.462. The van der Waals surface area contributed by atoms with Crippen molar-refractivity contribution in [2.24, 2.45) is 0 Å². The van der Waals surface area contributed by atoms with Crippen LogP contribution in [0, 0.1) is 0 Å². The fourth-order valence-corrected chi connectivity index (χ4v) is 1.59. The second-order valence-corrected chi connectivity index (χ2v) is 4.92. The summed E-state index contributed by atoms with van der Waals surface area (Å²) in [5.41, 5.74) is 6.21. The van der Waals surface area contributed by atoms with Crippen LogP contribution in [0.4, 0.5) is 11.5 Å². The topological polar surface area (TPSA) is 94.3 Å². The Morgan fingerprint density at radius 3 is 2.94 bits per heavy atom. The van der Waals surface area contributed by atoms with Gasteiger partial charge in [-0.15, -0.1) is 0 Å². The van der Waals surface area contributed by atoms with Crippen molar-refractivity contribution in [1.82, 2.24) is 4.98 Å². The number of esters is 1. The van der Waals surface area contributed by atoms with Crippen LogP contribution in [0.5, 0.6) is 0 Å². The quantitative estimate of drug-likeness (QED) is 0.734. The summed E-state index contributed by atoms with van der Waals surface area (Å²) in [7, 11) is 0.394. The number of nitrogen functional groups attached to an aromatic ring is 1. The van der Waals surface area contributed by atoms with Crippen molar-refractivity contribution in [3.05, 3.63) is 17.8 Å². The molecule has 1 aromatic rings. The zero-order valence-corrected chi connectivity index (χ0v) is 10.5. The minimum absolute atomic E-state index is 0.273. The van der Waals surface area contributed by atoms with E-state index in [2.05, 4.69) is 15.0 Å². The minimum atomic E-state index is -0.894. The van der Waals surface area contributed by atoms with Crippen LogP contribution in [0.15, 0.2) is 12.3 Å². The van der Waals surface area contributed by atoms with Gasteiger partial charge < -0.3 is 15.8 Å². The summed E-state index contributed by atoms with van der Waals surface area (Å²) in [5.74, 6) is 0.355. The lowest BCUT2D eigenvalue weighted by atomic mass is 10.2. The minimum Gasteiger partial charge on any atom is -0.465 e. The molecule has 6 nitrogen and oxygen atoms in total. The summed E-state index contributed by atoms with van der Waals surface area (Å²) in [4.78, 5) is 15.5. The van der Waals surface area contributed by atoms with E-state index in [1.54, 1.807) is 6.26 Å². The van der Waals surface area contributed by atoms with Gasteiger partial charge in [0.25, 0.3) is 0 Å². The highest BCUT2D eigenvalue weighted by molar-refractivity contribution is 7.84. The Hall–Kier alpha value is -1.63. The standard InChI is InChI=1S/C10H15N3O3S/c1-16-10(14)8-5-7(11)6-13-9(8)12-3-4-17(2)15/h5-6H,3-4,11H2,1-2H3,(H,12,13). The first-order valence-electron chi connectivity index (χ1n) is 4.92. The molecule has 0 amide bonds. The molecule has 94 valence electrons. The number of carbonyl (C=O) groups excluding carboxylic acids is 1. The van der Waals surface area contributed by atoms with Crippen LogP contribution in [0.1, 0.15) is 10.4 Å². The van der Waals surface area contributed by atoms with Gasteiger partial charge in [-0.1, -0.05) is 0 Å². The van der Waals surface area contributed by atoms with Crippen LogP contribution in [0.2, 0.25) is 0 Å². The van der Waals surface area contributed by atoms with Crippen LogP contribution in [0.3, 0.4) is 0 Å². The first-order chi connectivity index (χ1) is 8.04. The summed E-state index contributed by atoms with van der Waals surface area (Å²) < 4.78 is 15.5. The Kier molecular flexibility index (Phi) is 4.89. The molecule has 1 rings (SSSR count). The van der Waals surface area contributed by atoms with Crippen LogP contribution >= 0.6 is 0 Å². The van der Waals surface area contributed by atoms with Crippen molar-refractivity contribution in [3.63, 3.8) is 0 Å². The first kappa shape index (κ1) is 13.4. The van der Waals surface area contributed by atoms with Gasteiger partial charge in [-0.05, 0) is 6.07 Å². The monoisotopic (exact) mass is 257 g/mol. The molecule has 1 atom stereocenters. The van der Waals surface area contributed by atoms with Crippen molar-refractivity contribution < 1.29 is 13.7 Å². The number of ether oxygens (including phenoxy) is 1. The Balaban J connectivity index is 2.83. The number of methoxy groups -OCH3 is 1. The van der Waals surface area contributed by atoms with E-state index in [4.69, 9.17) is 5.73 Å². The summed E-state index contributed by atoms with van der Waals surface area (Å²) in [6, 6.07) is 1.49.